The van der Waals surface area contributed by atoms with E-state index in [-0.39, 0.29) is 30.0 Å². The molecule has 0 aliphatic carbocycles. The topological polar surface area (TPSA) is 131 Å². The van der Waals surface area contributed by atoms with E-state index in [9.17, 15) is 25.1 Å². The van der Waals surface area contributed by atoms with Crippen LogP contribution >= 0.6 is 0 Å². The summed E-state index contributed by atoms with van der Waals surface area (Å²) < 4.78 is 0. The molecule has 25 heavy (non-hydrogen) atoms. The number of hydrogen-bond donors (Lipinski definition) is 3. The van der Waals surface area contributed by atoms with Crippen molar-refractivity contribution in [2.45, 2.75) is 13.2 Å². The van der Waals surface area contributed by atoms with Crippen LogP contribution in [0.3, 0.4) is 0 Å². The molecule has 0 atom stereocenters. The normalized spacial score (nSPS) is 10.4. The van der Waals surface area contributed by atoms with E-state index in [4.69, 9.17) is 0 Å². The Labute approximate surface area is 142 Å². The van der Waals surface area contributed by atoms with Crippen LogP contribution in [0.5, 0.6) is 11.5 Å². The van der Waals surface area contributed by atoms with Gasteiger partial charge < -0.3 is 15.5 Å². The molecule has 0 fully saturated rings. The largest absolute Gasteiger partial charge is 0.504 e. The Morgan fingerprint density at radius 2 is 2.00 bits per heavy atom. The number of rotatable bonds is 7. The van der Waals surface area contributed by atoms with Gasteiger partial charge in [0.25, 0.3) is 11.6 Å². The number of nitrogens with one attached hydrogen (secondary N) is 1. The fraction of sp³-hybridized carbons (Fsp3) is 0.188. The van der Waals surface area contributed by atoms with Gasteiger partial charge in [-0.05, 0) is 11.6 Å². The smallest absolute Gasteiger partial charge is 0.269 e. The van der Waals surface area contributed by atoms with Gasteiger partial charge in [-0.2, -0.15) is 0 Å². The highest BCUT2D eigenvalue weighted by Gasteiger charge is 2.17. The summed E-state index contributed by atoms with van der Waals surface area (Å²) >= 11 is 0. The second-order valence-corrected chi connectivity index (χ2v) is 5.01. The molecule has 0 aliphatic heterocycles. The third-order valence-electron chi connectivity index (χ3n) is 3.39. The minimum Gasteiger partial charge on any atom is -0.504 e. The summed E-state index contributed by atoms with van der Waals surface area (Å²) in [5.74, 6) is -1.72. The Bertz CT molecular complexity index is 792. The molecule has 0 aliphatic rings. The van der Waals surface area contributed by atoms with Gasteiger partial charge in [-0.3, -0.25) is 14.9 Å². The van der Waals surface area contributed by atoms with Crippen LogP contribution in [0.1, 0.15) is 21.5 Å². The first-order valence-electron chi connectivity index (χ1n) is 7.15. The standard InChI is InChI=1S/C16H16N2O7/c1-24-25-9-11-5-6-13(15(20)14(11)19)16(21)17-8-10-3-2-4-12(7-10)18(22)23/h2-7,19-20H,8-9H2,1H3,(H,17,21). The number of nitrogens with zero attached hydrogens (tertiary/aromatic N) is 1. The Morgan fingerprint density at radius 1 is 1.24 bits per heavy atom. The molecular weight excluding hydrogens is 332 g/mol. The van der Waals surface area contributed by atoms with Crippen LogP contribution in [0.2, 0.25) is 0 Å². The summed E-state index contributed by atoms with van der Waals surface area (Å²) in [6.07, 6.45) is 0. The first-order valence-corrected chi connectivity index (χ1v) is 7.15. The second-order valence-electron chi connectivity index (χ2n) is 5.01. The highest BCUT2D eigenvalue weighted by Crippen LogP contribution is 2.33. The van der Waals surface area contributed by atoms with Crippen LogP contribution in [-0.4, -0.2) is 28.2 Å². The van der Waals surface area contributed by atoms with Crippen molar-refractivity contribution in [3.05, 3.63) is 63.2 Å². The third kappa shape index (κ3) is 4.43. The third-order valence-corrected chi connectivity index (χ3v) is 3.39. The number of hydrogen-bond acceptors (Lipinski definition) is 7. The molecule has 0 saturated heterocycles. The molecule has 9 nitrogen and oxygen atoms in total. The maximum Gasteiger partial charge on any atom is 0.269 e. The van der Waals surface area contributed by atoms with Gasteiger partial charge in [0.1, 0.15) is 6.61 Å². The zero-order chi connectivity index (χ0) is 18.4. The van der Waals surface area contributed by atoms with E-state index in [0.29, 0.717) is 5.56 Å². The molecule has 2 aromatic rings. The summed E-state index contributed by atoms with van der Waals surface area (Å²) in [4.78, 5) is 31.4. The lowest BCUT2D eigenvalue weighted by molar-refractivity contribution is -0.384. The van der Waals surface area contributed by atoms with Crippen LogP contribution in [0.25, 0.3) is 0 Å². The molecule has 0 unspecified atom stereocenters. The van der Waals surface area contributed by atoms with Gasteiger partial charge in [-0.25, -0.2) is 9.78 Å². The lowest BCUT2D eigenvalue weighted by atomic mass is 10.1. The fourth-order valence-electron chi connectivity index (χ4n) is 2.10. The number of phenolic OH excluding ortho intramolecular Hbond substituents is 2. The minimum atomic E-state index is -0.640. The molecule has 0 spiro atoms. The lowest BCUT2D eigenvalue weighted by Crippen LogP contribution is -2.23. The Hall–Kier alpha value is -3.17. The van der Waals surface area contributed by atoms with Crippen molar-refractivity contribution in [1.82, 2.24) is 5.32 Å². The number of carbonyl (C=O) groups is 1. The van der Waals surface area contributed by atoms with Gasteiger partial charge in [0.05, 0.1) is 17.6 Å². The molecule has 2 rings (SSSR count). The summed E-state index contributed by atoms with van der Waals surface area (Å²) in [5.41, 5.74) is 0.546. The maximum atomic E-state index is 12.2. The van der Waals surface area contributed by atoms with E-state index >= 15 is 0 Å². The Kier molecular flexibility index (Phi) is 5.88. The van der Waals surface area contributed by atoms with Crippen molar-refractivity contribution >= 4 is 11.6 Å². The van der Waals surface area contributed by atoms with Crippen molar-refractivity contribution in [3.63, 3.8) is 0 Å². The van der Waals surface area contributed by atoms with Gasteiger partial charge >= 0.3 is 0 Å². The van der Waals surface area contributed by atoms with Crippen molar-refractivity contribution < 1.29 is 29.7 Å². The average molecular weight is 348 g/mol. The number of nitro benzene ring substituents is 1. The predicted molar refractivity (Wildman–Crippen MR) is 85.8 cm³/mol. The van der Waals surface area contributed by atoms with E-state index in [1.807, 2.05) is 0 Å². The summed E-state index contributed by atoms with van der Waals surface area (Å²) in [5, 5.41) is 33.1. The van der Waals surface area contributed by atoms with Crippen LogP contribution in [-0.2, 0) is 22.9 Å². The number of benzene rings is 2. The maximum absolute atomic E-state index is 12.2. The highest BCUT2D eigenvalue weighted by atomic mass is 17.2. The summed E-state index contributed by atoms with van der Waals surface area (Å²) in [7, 11) is 1.30. The molecule has 0 radical (unpaired) electrons. The number of non-ortho nitro benzene ring substituents is 1. The van der Waals surface area contributed by atoms with Crippen molar-refractivity contribution in [2.24, 2.45) is 0 Å². The molecule has 1 amide bonds. The molecule has 0 bridgehead atoms. The van der Waals surface area contributed by atoms with Gasteiger partial charge in [0, 0.05) is 24.2 Å². The Morgan fingerprint density at radius 3 is 2.68 bits per heavy atom. The SMILES string of the molecule is COOCc1ccc(C(=O)NCc2cccc([N+](=O)[O-])c2)c(O)c1O. The number of aromatic hydroxyl groups is 2. The van der Waals surface area contributed by atoms with Crippen molar-refractivity contribution in [3.8, 4) is 11.5 Å². The van der Waals surface area contributed by atoms with Gasteiger partial charge in [-0.1, -0.05) is 18.2 Å². The zero-order valence-electron chi connectivity index (χ0n) is 13.3. The molecule has 2 aromatic carbocycles. The van der Waals surface area contributed by atoms with Crippen molar-refractivity contribution in [2.75, 3.05) is 7.11 Å². The molecule has 0 heterocycles. The van der Waals surface area contributed by atoms with E-state index in [2.05, 4.69) is 15.1 Å². The van der Waals surface area contributed by atoms with Crippen molar-refractivity contribution in [1.29, 1.82) is 0 Å². The fourth-order valence-corrected chi connectivity index (χ4v) is 2.10. The minimum absolute atomic E-state index is 0.0231. The van der Waals surface area contributed by atoms with Gasteiger partial charge in [0.15, 0.2) is 11.5 Å². The lowest BCUT2D eigenvalue weighted by Gasteiger charge is -2.11. The number of phenols is 2. The van der Waals surface area contributed by atoms with Gasteiger partial charge in [0.2, 0.25) is 0 Å². The molecule has 9 heteroatoms. The average Bonchev–Trinajstić information content (AvgIpc) is 2.61. The highest BCUT2D eigenvalue weighted by molar-refractivity contribution is 5.97. The van der Waals surface area contributed by atoms with Crippen LogP contribution in [0.15, 0.2) is 36.4 Å². The zero-order valence-corrected chi connectivity index (χ0v) is 13.3. The quantitative estimate of drug-likeness (QED) is 0.302. The first kappa shape index (κ1) is 18.2. The van der Waals surface area contributed by atoms with Crippen LogP contribution in [0.4, 0.5) is 5.69 Å². The predicted octanol–water partition coefficient (Wildman–Crippen LogP) is 2.01. The Balaban J connectivity index is 2.09. The summed E-state index contributed by atoms with van der Waals surface area (Å²) in [6.45, 7) is -0.0826. The van der Waals surface area contributed by atoms with Crippen LogP contribution in [0, 0.1) is 10.1 Å². The second kappa shape index (κ2) is 8.08. The van der Waals surface area contributed by atoms with E-state index < -0.39 is 22.3 Å². The molecule has 3 N–H and O–H groups in total. The molecule has 0 aromatic heterocycles. The van der Waals surface area contributed by atoms with E-state index in [1.54, 1.807) is 6.07 Å². The van der Waals surface area contributed by atoms with E-state index in [1.165, 1.54) is 37.4 Å². The van der Waals surface area contributed by atoms with Gasteiger partial charge in [-0.15, -0.1) is 0 Å². The monoisotopic (exact) mass is 348 g/mol. The molecule has 0 saturated carbocycles. The first-order chi connectivity index (χ1) is 11.9. The number of amides is 1. The molecule has 132 valence electrons. The molecular formula is C16H16N2O7. The number of nitro groups is 1. The summed E-state index contributed by atoms with van der Waals surface area (Å²) in [6, 6.07) is 8.55. The van der Waals surface area contributed by atoms with Crippen LogP contribution < -0.4 is 5.32 Å². The number of carbonyl (C=O) groups excluding carboxylic acids is 1. The van der Waals surface area contributed by atoms with E-state index in [0.717, 1.165) is 0 Å².